The Morgan fingerprint density at radius 1 is 1.24 bits per heavy atom. The van der Waals surface area contributed by atoms with Crippen LogP contribution in [0.2, 0.25) is 0 Å². The summed E-state index contributed by atoms with van der Waals surface area (Å²) in [5.41, 5.74) is -0.743. The molecule has 1 aliphatic rings. The van der Waals surface area contributed by atoms with E-state index in [-0.39, 0.29) is 41.3 Å². The van der Waals surface area contributed by atoms with E-state index in [0.717, 1.165) is 6.07 Å². The minimum atomic E-state index is -4.66. The van der Waals surface area contributed by atoms with Crippen LogP contribution in [0.5, 0.6) is 0 Å². The number of aryl methyl sites for hydroxylation is 1. The van der Waals surface area contributed by atoms with Crippen LogP contribution in [0.1, 0.15) is 49.8 Å². The van der Waals surface area contributed by atoms with Crippen LogP contribution in [0.4, 0.5) is 29.3 Å². The van der Waals surface area contributed by atoms with Crippen molar-refractivity contribution in [2.24, 2.45) is 5.41 Å². The summed E-state index contributed by atoms with van der Waals surface area (Å²) in [4.78, 5) is 33.0. The van der Waals surface area contributed by atoms with Gasteiger partial charge in [0.25, 0.3) is 0 Å². The van der Waals surface area contributed by atoms with Gasteiger partial charge in [0.15, 0.2) is 11.6 Å². The average Bonchev–Trinajstić information content (AvgIpc) is 2.82. The van der Waals surface area contributed by atoms with Gasteiger partial charge in [0.2, 0.25) is 5.78 Å². The zero-order valence-corrected chi connectivity index (χ0v) is 20.8. The van der Waals surface area contributed by atoms with E-state index in [1.54, 1.807) is 39.8 Å². The highest BCUT2D eigenvalue weighted by atomic mass is 19.4. The predicted octanol–water partition coefficient (Wildman–Crippen LogP) is 5.82. The van der Waals surface area contributed by atoms with Crippen molar-refractivity contribution in [3.05, 3.63) is 65.0 Å². The molecule has 0 spiro atoms. The molecule has 3 rings (SSSR count). The van der Waals surface area contributed by atoms with Crippen LogP contribution in [-0.4, -0.2) is 28.4 Å². The van der Waals surface area contributed by atoms with Crippen molar-refractivity contribution in [2.75, 3.05) is 17.2 Å². The lowest BCUT2D eigenvalue weighted by molar-refractivity contribution is -0.138. The highest BCUT2D eigenvalue weighted by molar-refractivity contribution is 6.01. The van der Waals surface area contributed by atoms with E-state index in [1.165, 1.54) is 18.3 Å². The van der Waals surface area contributed by atoms with Crippen LogP contribution in [0, 0.1) is 23.7 Å². The molecule has 2 amide bonds. The molecular weight excluding hydrogens is 487 g/mol. The maximum absolute atomic E-state index is 13.7. The maximum atomic E-state index is 13.7. The lowest BCUT2D eigenvalue weighted by Gasteiger charge is -2.20. The minimum absolute atomic E-state index is 0.0369. The number of benzene rings is 1. The number of carbonyl (C=O) groups excluding carboxylic acids is 2. The van der Waals surface area contributed by atoms with Crippen molar-refractivity contribution in [1.29, 1.82) is 5.26 Å². The molecule has 0 saturated carbocycles. The summed E-state index contributed by atoms with van der Waals surface area (Å²) in [5, 5.41) is 14.1. The number of ether oxygens (including phenoxy) is 1. The highest BCUT2D eigenvalue weighted by Gasteiger charge is 2.35. The molecule has 0 bridgehead atoms. The molecule has 2 aromatic rings. The summed E-state index contributed by atoms with van der Waals surface area (Å²) in [6, 6.07) is 4.67. The van der Waals surface area contributed by atoms with Crippen LogP contribution >= 0.6 is 0 Å². The number of halogens is 3. The number of nitrogens with one attached hydrogen (secondary N) is 2. The first-order valence-electron chi connectivity index (χ1n) is 11.4. The number of hydrogen-bond acceptors (Lipinski definition) is 6. The Bertz CT molecular complexity index is 1320. The third-order valence-corrected chi connectivity index (χ3v) is 5.46. The second-order valence-corrected chi connectivity index (χ2v) is 9.04. The number of anilines is 2. The number of nitriles is 1. The van der Waals surface area contributed by atoms with Gasteiger partial charge in [-0.2, -0.15) is 18.4 Å². The van der Waals surface area contributed by atoms with Crippen LogP contribution < -0.4 is 10.6 Å². The fraction of sp³-hybridized carbons (Fsp3) is 0.346. The molecule has 1 aromatic carbocycles. The molecule has 0 unspecified atom stereocenters. The molecule has 1 aliphatic carbocycles. The SMILES string of the molecule is CCOC1=CC(c2ncc(NC(=O)Nc3ccc(CC(C)(C)C#N)c(C(F)(F)F)c3)c(C)n2)=CCC1=O. The molecule has 37 heavy (non-hydrogen) atoms. The molecule has 11 heteroatoms. The molecule has 0 fully saturated rings. The normalized spacial score (nSPS) is 13.8. The first kappa shape index (κ1) is 27.4. The Balaban J connectivity index is 1.75. The van der Waals surface area contributed by atoms with Gasteiger partial charge < -0.3 is 15.4 Å². The topological polar surface area (TPSA) is 117 Å². The smallest absolute Gasteiger partial charge is 0.416 e. The van der Waals surface area contributed by atoms with Crippen LogP contribution in [0.3, 0.4) is 0 Å². The van der Waals surface area contributed by atoms with E-state index < -0.39 is 23.2 Å². The van der Waals surface area contributed by atoms with E-state index in [1.807, 2.05) is 6.07 Å². The van der Waals surface area contributed by atoms with Crippen molar-refractivity contribution in [2.45, 2.75) is 46.7 Å². The van der Waals surface area contributed by atoms with Gasteiger partial charge in [0.1, 0.15) is 0 Å². The third-order valence-electron chi connectivity index (χ3n) is 5.46. The summed E-state index contributed by atoms with van der Waals surface area (Å²) in [6.45, 7) is 6.86. The second-order valence-electron chi connectivity index (χ2n) is 9.04. The molecule has 1 aromatic heterocycles. The van der Waals surface area contributed by atoms with Gasteiger partial charge in [-0.25, -0.2) is 14.8 Å². The first-order chi connectivity index (χ1) is 17.3. The fourth-order valence-corrected chi connectivity index (χ4v) is 3.62. The van der Waals surface area contributed by atoms with E-state index in [2.05, 4.69) is 20.6 Å². The minimum Gasteiger partial charge on any atom is -0.490 e. The van der Waals surface area contributed by atoms with Gasteiger partial charge >= 0.3 is 12.2 Å². The molecule has 0 atom stereocenters. The van der Waals surface area contributed by atoms with Gasteiger partial charge in [-0.1, -0.05) is 12.1 Å². The number of hydrogen-bond donors (Lipinski definition) is 2. The number of alkyl halides is 3. The Morgan fingerprint density at radius 2 is 1.97 bits per heavy atom. The number of ketones is 1. The molecule has 2 N–H and O–H groups in total. The van der Waals surface area contributed by atoms with Gasteiger partial charge in [0.05, 0.1) is 41.2 Å². The van der Waals surface area contributed by atoms with Gasteiger partial charge in [-0.15, -0.1) is 0 Å². The zero-order chi connectivity index (χ0) is 27.4. The Hall–Kier alpha value is -4.20. The molecule has 194 valence electrons. The molecule has 0 radical (unpaired) electrons. The standard InChI is InChI=1S/C26H26F3N5O3/c1-5-37-22-10-16(7-9-21(22)35)23-31-13-20(15(2)32-23)34-24(36)33-18-8-6-17(12-25(3,4)14-30)19(11-18)26(27,28)29/h6-8,10-11,13H,5,9,12H2,1-4H3,(H2,33,34,36). The number of amides is 2. The van der Waals surface area contributed by atoms with Crippen molar-refractivity contribution < 1.29 is 27.5 Å². The summed E-state index contributed by atoms with van der Waals surface area (Å²) in [5.74, 6) is 0.412. The number of urea groups is 1. The van der Waals surface area contributed by atoms with Gasteiger partial charge in [0, 0.05) is 17.7 Å². The lowest BCUT2D eigenvalue weighted by Crippen LogP contribution is -2.22. The molecule has 8 nitrogen and oxygen atoms in total. The summed E-state index contributed by atoms with van der Waals surface area (Å²) in [7, 11) is 0. The predicted molar refractivity (Wildman–Crippen MR) is 131 cm³/mol. The largest absolute Gasteiger partial charge is 0.490 e. The molecular formula is C26H26F3N5O3. The van der Waals surface area contributed by atoms with E-state index in [0.29, 0.717) is 23.7 Å². The fourth-order valence-electron chi connectivity index (χ4n) is 3.62. The third kappa shape index (κ3) is 6.94. The summed E-state index contributed by atoms with van der Waals surface area (Å²) >= 11 is 0. The van der Waals surface area contributed by atoms with Crippen molar-refractivity contribution in [3.8, 4) is 6.07 Å². The monoisotopic (exact) mass is 513 g/mol. The van der Waals surface area contributed by atoms with E-state index in [9.17, 15) is 28.0 Å². The maximum Gasteiger partial charge on any atom is 0.416 e. The number of nitrogens with zero attached hydrogens (tertiary/aromatic N) is 3. The number of carbonyl (C=O) groups is 2. The average molecular weight is 514 g/mol. The number of aromatic nitrogens is 2. The second kappa shape index (κ2) is 10.8. The Morgan fingerprint density at radius 3 is 2.59 bits per heavy atom. The Labute approximate surface area is 212 Å². The Kier molecular flexibility index (Phi) is 8.01. The molecule has 0 aliphatic heterocycles. The number of allylic oxidation sites excluding steroid dienone is 4. The van der Waals surface area contributed by atoms with E-state index >= 15 is 0 Å². The van der Waals surface area contributed by atoms with Crippen molar-refractivity contribution >= 4 is 28.8 Å². The van der Waals surface area contributed by atoms with Crippen molar-refractivity contribution in [3.63, 3.8) is 0 Å². The molecule has 1 heterocycles. The van der Waals surface area contributed by atoms with Crippen LogP contribution in [0.15, 0.2) is 42.3 Å². The number of rotatable bonds is 7. The summed E-state index contributed by atoms with van der Waals surface area (Å²) in [6.07, 6.45) is 0.00197. The van der Waals surface area contributed by atoms with Crippen LogP contribution in [-0.2, 0) is 22.1 Å². The van der Waals surface area contributed by atoms with Gasteiger partial charge in [-0.05, 0) is 57.9 Å². The zero-order valence-electron chi connectivity index (χ0n) is 20.8. The number of Topliss-reactive ketones (excluding diaryl/α,β-unsaturated/α-hetero) is 1. The van der Waals surface area contributed by atoms with Crippen LogP contribution in [0.25, 0.3) is 5.57 Å². The van der Waals surface area contributed by atoms with E-state index in [4.69, 9.17) is 4.74 Å². The van der Waals surface area contributed by atoms with Crippen molar-refractivity contribution in [1.82, 2.24) is 9.97 Å². The first-order valence-corrected chi connectivity index (χ1v) is 11.4. The quantitative estimate of drug-likeness (QED) is 0.482. The summed E-state index contributed by atoms with van der Waals surface area (Å²) < 4.78 is 46.3. The highest BCUT2D eigenvalue weighted by Crippen LogP contribution is 2.36. The van der Waals surface area contributed by atoms with Gasteiger partial charge in [-0.3, -0.25) is 4.79 Å². The lowest BCUT2D eigenvalue weighted by atomic mass is 9.85. The molecule has 0 saturated heterocycles.